The van der Waals surface area contributed by atoms with Crippen molar-refractivity contribution in [2.75, 3.05) is 12.4 Å². The molecule has 1 saturated heterocycles. The quantitative estimate of drug-likeness (QED) is 0.769. The first-order chi connectivity index (χ1) is 8.29. The van der Waals surface area contributed by atoms with E-state index < -0.39 is 0 Å². The fraction of sp³-hybridized carbons (Fsp3) is 0.417. The summed E-state index contributed by atoms with van der Waals surface area (Å²) in [4.78, 5) is 15.1. The van der Waals surface area contributed by atoms with Crippen LogP contribution in [0.2, 0.25) is 0 Å². The van der Waals surface area contributed by atoms with Crippen molar-refractivity contribution >= 4 is 49.6 Å². The molecule has 1 amide bonds. The molecule has 5 heteroatoms. The largest absolute Gasteiger partial charge is 0.334 e. The molecule has 1 aliphatic rings. The minimum Gasteiger partial charge on any atom is -0.334 e. The molecule has 1 fully saturated rings. The molecule has 3 rings (SSSR count). The summed E-state index contributed by atoms with van der Waals surface area (Å²) >= 11 is 9.18. The van der Waals surface area contributed by atoms with Crippen LogP contribution in [0.25, 0.3) is 9.40 Å². The van der Waals surface area contributed by atoms with Crippen LogP contribution < -0.4 is 0 Å². The number of thiophene rings is 2. The molecule has 2 nitrogen and oxygen atoms in total. The van der Waals surface area contributed by atoms with Gasteiger partial charge in [0, 0.05) is 27.9 Å². The highest BCUT2D eigenvalue weighted by Gasteiger charge is 2.29. The molecule has 2 aromatic heterocycles. The Morgan fingerprint density at radius 3 is 3.18 bits per heavy atom. The lowest BCUT2D eigenvalue weighted by Crippen LogP contribution is -2.36. The Balaban J connectivity index is 1.88. The van der Waals surface area contributed by atoms with Gasteiger partial charge in [0.1, 0.15) is 0 Å². The van der Waals surface area contributed by atoms with E-state index in [4.69, 9.17) is 11.6 Å². The molecular weight excluding hydrogens is 274 g/mol. The molecule has 3 heterocycles. The van der Waals surface area contributed by atoms with Gasteiger partial charge in [0.15, 0.2) is 0 Å². The van der Waals surface area contributed by atoms with Crippen molar-refractivity contribution in [3.05, 3.63) is 22.4 Å². The van der Waals surface area contributed by atoms with E-state index in [1.54, 1.807) is 22.7 Å². The van der Waals surface area contributed by atoms with Crippen LogP contribution in [0.3, 0.4) is 0 Å². The minimum absolute atomic E-state index is 0.154. The smallest absolute Gasteiger partial charge is 0.264 e. The fourth-order valence-electron chi connectivity index (χ4n) is 2.28. The number of nitrogens with zero attached hydrogens (tertiary/aromatic N) is 1. The standard InChI is InChI=1S/C12H12ClNOS2/c13-7-8-2-1-4-14(8)12(15)11-6-10-9(17-11)3-5-16-10/h3,5-6,8H,1-2,4,7H2. The molecule has 0 spiro atoms. The molecule has 17 heavy (non-hydrogen) atoms. The molecule has 1 aliphatic heterocycles. The van der Waals surface area contributed by atoms with Crippen molar-refractivity contribution in [3.63, 3.8) is 0 Å². The summed E-state index contributed by atoms with van der Waals surface area (Å²) in [5, 5.41) is 2.06. The number of carbonyl (C=O) groups excluding carboxylic acids is 1. The van der Waals surface area contributed by atoms with Crippen molar-refractivity contribution in [2.24, 2.45) is 0 Å². The van der Waals surface area contributed by atoms with Crippen LogP contribution in [0.1, 0.15) is 22.5 Å². The van der Waals surface area contributed by atoms with Gasteiger partial charge in [-0.3, -0.25) is 4.79 Å². The van der Waals surface area contributed by atoms with Gasteiger partial charge in [0.05, 0.1) is 4.88 Å². The lowest BCUT2D eigenvalue weighted by molar-refractivity contribution is 0.0754. The van der Waals surface area contributed by atoms with Gasteiger partial charge in [0.25, 0.3) is 5.91 Å². The summed E-state index contributed by atoms with van der Waals surface area (Å²) in [6.07, 6.45) is 2.11. The van der Waals surface area contributed by atoms with E-state index in [1.165, 1.54) is 9.40 Å². The Morgan fingerprint density at radius 2 is 2.41 bits per heavy atom. The maximum absolute atomic E-state index is 12.4. The van der Waals surface area contributed by atoms with Gasteiger partial charge in [-0.15, -0.1) is 34.3 Å². The molecule has 0 bridgehead atoms. The van der Waals surface area contributed by atoms with Crippen LogP contribution in [-0.2, 0) is 0 Å². The average Bonchev–Trinajstić information content (AvgIpc) is 3.02. The zero-order valence-corrected chi connectivity index (χ0v) is 11.6. The number of likely N-dealkylation sites (tertiary alicyclic amines) is 1. The summed E-state index contributed by atoms with van der Waals surface area (Å²) in [5.74, 6) is 0.701. The van der Waals surface area contributed by atoms with E-state index in [0.29, 0.717) is 5.88 Å². The number of fused-ring (bicyclic) bond motifs is 1. The normalized spacial score (nSPS) is 20.3. The van der Waals surface area contributed by atoms with Crippen LogP contribution >= 0.6 is 34.3 Å². The van der Waals surface area contributed by atoms with Crippen molar-refractivity contribution < 1.29 is 4.79 Å². The third-order valence-electron chi connectivity index (χ3n) is 3.17. The third kappa shape index (κ3) is 1.98. The predicted octanol–water partition coefficient (Wildman–Crippen LogP) is 3.81. The first kappa shape index (κ1) is 11.5. The second-order valence-corrected chi connectivity index (χ2v) is 6.55. The van der Waals surface area contributed by atoms with Crippen LogP contribution in [-0.4, -0.2) is 29.3 Å². The molecule has 1 atom stereocenters. The summed E-state index contributed by atoms with van der Waals surface area (Å²) in [6.45, 7) is 0.849. The Hall–Kier alpha value is -0.580. The lowest BCUT2D eigenvalue weighted by Gasteiger charge is -2.21. The van der Waals surface area contributed by atoms with E-state index in [2.05, 4.69) is 11.4 Å². The van der Waals surface area contributed by atoms with Crippen molar-refractivity contribution in [1.82, 2.24) is 4.90 Å². The van der Waals surface area contributed by atoms with Gasteiger partial charge < -0.3 is 4.90 Å². The topological polar surface area (TPSA) is 20.3 Å². The van der Waals surface area contributed by atoms with Crippen LogP contribution in [0.5, 0.6) is 0 Å². The van der Waals surface area contributed by atoms with Gasteiger partial charge >= 0.3 is 0 Å². The highest BCUT2D eigenvalue weighted by Crippen LogP contribution is 2.32. The molecule has 0 N–H and O–H groups in total. The van der Waals surface area contributed by atoms with Crippen LogP contribution in [0.15, 0.2) is 17.5 Å². The number of rotatable bonds is 2. The number of halogens is 1. The van der Waals surface area contributed by atoms with Crippen molar-refractivity contribution in [2.45, 2.75) is 18.9 Å². The monoisotopic (exact) mass is 285 g/mol. The maximum atomic E-state index is 12.4. The van der Waals surface area contributed by atoms with Gasteiger partial charge in [-0.25, -0.2) is 0 Å². The second kappa shape index (κ2) is 4.59. The van der Waals surface area contributed by atoms with E-state index in [-0.39, 0.29) is 11.9 Å². The second-order valence-electron chi connectivity index (χ2n) is 4.21. The molecular formula is C12H12ClNOS2. The number of alkyl halides is 1. The van der Waals surface area contributed by atoms with E-state index in [9.17, 15) is 4.79 Å². The molecule has 0 radical (unpaired) electrons. The van der Waals surface area contributed by atoms with Gasteiger partial charge in [-0.1, -0.05) is 0 Å². The molecule has 90 valence electrons. The maximum Gasteiger partial charge on any atom is 0.264 e. The summed E-state index contributed by atoms with van der Waals surface area (Å²) in [7, 11) is 0. The molecule has 0 aliphatic carbocycles. The number of amides is 1. The summed E-state index contributed by atoms with van der Waals surface area (Å²) in [6, 6.07) is 4.31. The first-order valence-electron chi connectivity index (χ1n) is 5.63. The predicted molar refractivity (Wildman–Crippen MR) is 74.5 cm³/mol. The number of hydrogen-bond donors (Lipinski definition) is 0. The Labute approximate surface area is 113 Å². The molecule has 1 unspecified atom stereocenters. The highest BCUT2D eigenvalue weighted by atomic mass is 35.5. The highest BCUT2D eigenvalue weighted by molar-refractivity contribution is 7.27. The van der Waals surface area contributed by atoms with E-state index in [1.807, 2.05) is 11.0 Å². The first-order valence-corrected chi connectivity index (χ1v) is 7.86. The Bertz CT molecular complexity index is 519. The van der Waals surface area contributed by atoms with Crippen molar-refractivity contribution in [1.29, 1.82) is 0 Å². The van der Waals surface area contributed by atoms with Gasteiger partial charge in [0.2, 0.25) is 0 Å². The number of hydrogen-bond acceptors (Lipinski definition) is 3. The SMILES string of the molecule is O=C(c1cc2sccc2s1)N1CCCC1CCl. The van der Waals surface area contributed by atoms with E-state index >= 15 is 0 Å². The Morgan fingerprint density at radius 1 is 1.53 bits per heavy atom. The zero-order valence-electron chi connectivity index (χ0n) is 9.19. The van der Waals surface area contributed by atoms with Crippen LogP contribution in [0.4, 0.5) is 0 Å². The molecule has 2 aromatic rings. The van der Waals surface area contributed by atoms with E-state index in [0.717, 1.165) is 24.3 Å². The summed E-state index contributed by atoms with van der Waals surface area (Å²) < 4.78 is 2.42. The summed E-state index contributed by atoms with van der Waals surface area (Å²) in [5.41, 5.74) is 0. The average molecular weight is 286 g/mol. The molecule has 0 aromatic carbocycles. The van der Waals surface area contributed by atoms with Crippen LogP contribution in [0, 0.1) is 0 Å². The third-order valence-corrected chi connectivity index (χ3v) is 5.60. The zero-order chi connectivity index (χ0) is 11.8. The number of carbonyl (C=O) groups is 1. The van der Waals surface area contributed by atoms with Gasteiger partial charge in [-0.05, 0) is 30.4 Å². The Kier molecular flexibility index (Phi) is 3.11. The minimum atomic E-state index is 0.154. The fourth-order valence-corrected chi connectivity index (χ4v) is 4.66. The molecule has 0 saturated carbocycles. The van der Waals surface area contributed by atoms with Gasteiger partial charge in [-0.2, -0.15) is 0 Å². The van der Waals surface area contributed by atoms with Crippen molar-refractivity contribution in [3.8, 4) is 0 Å². The lowest BCUT2D eigenvalue weighted by atomic mass is 10.2.